The molecule has 0 saturated heterocycles. The summed E-state index contributed by atoms with van der Waals surface area (Å²) in [7, 11) is 3.03. The van der Waals surface area contributed by atoms with Gasteiger partial charge in [0.1, 0.15) is 5.04 Å². The maximum Gasteiger partial charge on any atom is 0.434 e. The third kappa shape index (κ3) is 7.83. The maximum atomic E-state index is 11.4. The van der Waals surface area contributed by atoms with Gasteiger partial charge in [0.15, 0.2) is 0 Å². The summed E-state index contributed by atoms with van der Waals surface area (Å²) in [6.07, 6.45) is 1.22. The molecule has 1 N–H and O–H groups in total. The molecule has 7 nitrogen and oxygen atoms in total. The zero-order chi connectivity index (χ0) is 16.5. The van der Waals surface area contributed by atoms with Crippen LogP contribution in [0.1, 0.15) is 20.8 Å². The zero-order valence-corrected chi connectivity index (χ0v) is 16.3. The molecule has 0 rings (SSSR count). The van der Waals surface area contributed by atoms with Crippen molar-refractivity contribution in [3.63, 3.8) is 0 Å². The van der Waals surface area contributed by atoms with Crippen molar-refractivity contribution in [3.05, 3.63) is 0 Å². The molecule has 0 spiro atoms. The fraction of sp³-hybridized carbons (Fsp3) is 0.800. The molecule has 11 heteroatoms. The monoisotopic (exact) mass is 375 g/mol. The Kier molecular flexibility index (Phi) is 10.9. The van der Waals surface area contributed by atoms with Crippen LogP contribution in [0.2, 0.25) is 0 Å². The first-order chi connectivity index (χ1) is 9.80. The van der Waals surface area contributed by atoms with E-state index in [4.69, 9.17) is 20.9 Å². The van der Waals surface area contributed by atoms with Gasteiger partial charge in [-0.05, 0) is 50.8 Å². The van der Waals surface area contributed by atoms with Gasteiger partial charge in [0.2, 0.25) is 0 Å². The van der Waals surface area contributed by atoms with Gasteiger partial charge in [-0.15, -0.1) is 11.8 Å². The molecule has 124 valence electrons. The molecule has 0 aliphatic rings. The predicted octanol–water partition coefficient (Wildman–Crippen LogP) is 3.24. The van der Waals surface area contributed by atoms with E-state index in [0.29, 0.717) is 5.04 Å². The number of nitrogens with one attached hydrogen (secondary N) is 1. The molecule has 0 aliphatic heterocycles. The summed E-state index contributed by atoms with van der Waals surface area (Å²) in [6, 6.07) is 0.0929. The molecule has 0 atom stereocenters. The van der Waals surface area contributed by atoms with E-state index in [1.54, 1.807) is 6.92 Å². The zero-order valence-electron chi connectivity index (χ0n) is 13.0. The minimum absolute atomic E-state index is 0.0929. The maximum absolute atomic E-state index is 11.4. The molecule has 0 aliphatic carbocycles. The minimum Gasteiger partial charge on any atom is -0.321 e. The van der Waals surface area contributed by atoms with Crippen LogP contribution in [0.15, 0.2) is 5.16 Å². The van der Waals surface area contributed by atoms with Crippen molar-refractivity contribution in [2.24, 2.45) is 5.16 Å². The summed E-state index contributed by atoms with van der Waals surface area (Å²) in [5.41, 5.74) is 0. The van der Waals surface area contributed by atoms with E-state index in [2.05, 4.69) is 15.3 Å². The van der Waals surface area contributed by atoms with Gasteiger partial charge < -0.3 is 14.4 Å². The number of oxime groups is 1. The van der Waals surface area contributed by atoms with Crippen molar-refractivity contribution in [2.75, 3.05) is 26.4 Å². The second-order valence-corrected chi connectivity index (χ2v) is 9.57. The molecule has 21 heavy (non-hydrogen) atoms. The standard InChI is InChI=1S/C10H22N3O4PS3/c1-8(2)13(18(19,15-4)16-5)21-7-11-10(14)17-12-9(3)20-6/h8H,7H2,1-6H3,(H,11,14)/b12-9+. The molecule has 0 saturated carbocycles. The molecule has 0 unspecified atom stereocenters. The smallest absolute Gasteiger partial charge is 0.321 e. The number of thioether (sulfide) groups is 1. The minimum atomic E-state index is -2.54. The molecule has 0 aromatic carbocycles. The van der Waals surface area contributed by atoms with Gasteiger partial charge in [0.25, 0.3) is 6.64 Å². The Balaban J connectivity index is 4.40. The first-order valence-electron chi connectivity index (χ1n) is 5.98. The lowest BCUT2D eigenvalue weighted by atomic mass is 10.4. The van der Waals surface area contributed by atoms with Crippen molar-refractivity contribution in [1.82, 2.24) is 9.39 Å². The first kappa shape index (κ1) is 21.2. The molecular weight excluding hydrogens is 353 g/mol. The summed E-state index contributed by atoms with van der Waals surface area (Å²) >= 11 is 8.10. The summed E-state index contributed by atoms with van der Waals surface area (Å²) in [5.74, 6) is 0.274. The molecule has 0 aromatic rings. The van der Waals surface area contributed by atoms with E-state index in [9.17, 15) is 4.79 Å². The highest BCUT2D eigenvalue weighted by Crippen LogP contribution is 2.55. The largest absolute Gasteiger partial charge is 0.434 e. The quantitative estimate of drug-likeness (QED) is 0.132. The van der Waals surface area contributed by atoms with Crippen LogP contribution < -0.4 is 5.32 Å². The van der Waals surface area contributed by atoms with Crippen LogP contribution in [0.3, 0.4) is 0 Å². The highest BCUT2D eigenvalue weighted by atomic mass is 32.5. The van der Waals surface area contributed by atoms with E-state index in [-0.39, 0.29) is 11.9 Å². The summed E-state index contributed by atoms with van der Waals surface area (Å²) in [6.45, 7) is 3.15. The number of nitrogens with zero attached hydrogens (tertiary/aromatic N) is 2. The van der Waals surface area contributed by atoms with Gasteiger partial charge in [0.05, 0.1) is 5.88 Å². The van der Waals surface area contributed by atoms with Crippen LogP contribution >= 0.6 is 30.4 Å². The van der Waals surface area contributed by atoms with Crippen LogP contribution in [0.25, 0.3) is 0 Å². The Morgan fingerprint density at radius 3 is 2.43 bits per heavy atom. The van der Waals surface area contributed by atoms with E-state index in [1.807, 2.05) is 24.2 Å². The van der Waals surface area contributed by atoms with Crippen LogP contribution in [0, 0.1) is 0 Å². The van der Waals surface area contributed by atoms with E-state index < -0.39 is 12.7 Å². The predicted molar refractivity (Wildman–Crippen MR) is 94.0 cm³/mol. The van der Waals surface area contributed by atoms with Gasteiger partial charge in [0, 0.05) is 20.3 Å². The van der Waals surface area contributed by atoms with Gasteiger partial charge in [-0.1, -0.05) is 5.16 Å². The number of carbonyl (C=O) groups excluding carboxylic acids is 1. The topological polar surface area (TPSA) is 72.4 Å². The lowest BCUT2D eigenvalue weighted by Gasteiger charge is -2.33. The van der Waals surface area contributed by atoms with Gasteiger partial charge in [-0.25, -0.2) is 4.79 Å². The molecule has 0 fully saturated rings. The summed E-state index contributed by atoms with van der Waals surface area (Å²) in [4.78, 5) is 16.1. The Morgan fingerprint density at radius 1 is 1.43 bits per heavy atom. The average Bonchev–Trinajstić information content (AvgIpc) is 2.47. The third-order valence-electron chi connectivity index (χ3n) is 2.11. The van der Waals surface area contributed by atoms with Gasteiger partial charge in [-0.3, -0.25) is 4.84 Å². The van der Waals surface area contributed by atoms with Crippen molar-refractivity contribution >= 4 is 53.3 Å². The lowest BCUT2D eigenvalue weighted by Crippen LogP contribution is -2.28. The Bertz CT molecular complexity index is 401. The molecule has 0 radical (unpaired) electrons. The van der Waals surface area contributed by atoms with Crippen LogP contribution in [0.5, 0.6) is 0 Å². The Morgan fingerprint density at radius 2 is 2.00 bits per heavy atom. The molecule has 0 heterocycles. The summed E-state index contributed by atoms with van der Waals surface area (Å²) < 4.78 is 12.4. The Hall–Kier alpha value is 0.170. The van der Waals surface area contributed by atoms with Crippen molar-refractivity contribution in [2.45, 2.75) is 26.8 Å². The summed E-state index contributed by atoms with van der Waals surface area (Å²) in [5, 5.41) is 6.87. The van der Waals surface area contributed by atoms with Crippen molar-refractivity contribution in [1.29, 1.82) is 0 Å². The third-order valence-corrected chi connectivity index (χ3v) is 8.33. The van der Waals surface area contributed by atoms with Crippen molar-refractivity contribution < 1.29 is 18.7 Å². The fourth-order valence-electron chi connectivity index (χ4n) is 1.07. The first-order valence-corrected chi connectivity index (χ1v) is 10.7. The number of hydrogen-bond donors (Lipinski definition) is 1. The van der Waals surface area contributed by atoms with E-state index >= 15 is 0 Å². The number of amides is 1. The molecular formula is C10H22N3O4PS3. The normalized spacial score (nSPS) is 12.9. The van der Waals surface area contributed by atoms with Crippen LogP contribution in [0.4, 0.5) is 4.79 Å². The molecule has 0 aromatic heterocycles. The highest BCUT2D eigenvalue weighted by Gasteiger charge is 2.29. The van der Waals surface area contributed by atoms with Crippen LogP contribution in [-0.2, 0) is 25.7 Å². The van der Waals surface area contributed by atoms with Gasteiger partial charge in [-0.2, -0.15) is 4.08 Å². The average molecular weight is 375 g/mol. The Labute approximate surface area is 139 Å². The lowest BCUT2D eigenvalue weighted by molar-refractivity contribution is 0.153. The fourth-order valence-corrected chi connectivity index (χ4v) is 4.96. The van der Waals surface area contributed by atoms with Gasteiger partial charge >= 0.3 is 6.09 Å². The van der Waals surface area contributed by atoms with E-state index in [1.165, 1.54) is 37.9 Å². The van der Waals surface area contributed by atoms with Crippen LogP contribution in [-0.4, -0.2) is 47.6 Å². The number of hydrogen-bond acceptors (Lipinski definition) is 8. The number of carbonyl (C=O) groups is 1. The van der Waals surface area contributed by atoms with E-state index in [0.717, 1.165) is 0 Å². The van der Waals surface area contributed by atoms with Crippen molar-refractivity contribution in [3.8, 4) is 0 Å². The highest BCUT2D eigenvalue weighted by molar-refractivity contribution is 8.15. The SMILES string of the molecule is COP(=S)(OC)N(SCNC(=O)O/N=C(\C)SC)C(C)C. The second-order valence-electron chi connectivity index (χ2n) is 3.87. The molecule has 1 amide bonds. The second kappa shape index (κ2) is 10.8. The number of rotatable bonds is 8. The molecule has 0 bridgehead atoms.